The number of rotatable bonds is 2. The molecule has 0 bridgehead atoms. The summed E-state index contributed by atoms with van der Waals surface area (Å²) in [4.78, 5) is 12.7. The molecule has 1 atom stereocenters. The molecule has 0 radical (unpaired) electrons. The Balaban J connectivity index is 2.59. The third kappa shape index (κ3) is 2.41. The maximum absolute atomic E-state index is 11.2. The first-order chi connectivity index (χ1) is 9.58. The lowest BCUT2D eigenvalue weighted by Crippen LogP contribution is -2.37. The first-order valence-electron chi connectivity index (χ1n) is 6.47. The van der Waals surface area contributed by atoms with E-state index < -0.39 is 4.92 Å². The van der Waals surface area contributed by atoms with Crippen LogP contribution in [0.5, 0.6) is 0 Å². The van der Waals surface area contributed by atoms with Crippen molar-refractivity contribution in [3.63, 3.8) is 0 Å². The normalized spacial score (nSPS) is 18.1. The second kappa shape index (κ2) is 5.58. The van der Waals surface area contributed by atoms with Gasteiger partial charge in [0.15, 0.2) is 0 Å². The van der Waals surface area contributed by atoms with Crippen molar-refractivity contribution in [3.05, 3.63) is 33.4 Å². The number of nitriles is 2. The van der Waals surface area contributed by atoms with E-state index in [0.29, 0.717) is 5.69 Å². The molecule has 1 aliphatic rings. The van der Waals surface area contributed by atoms with Crippen LogP contribution in [0, 0.1) is 32.8 Å². The lowest BCUT2D eigenvalue weighted by Gasteiger charge is -2.35. The Bertz CT molecular complexity index is 627. The second-order valence-corrected chi connectivity index (χ2v) is 4.91. The Labute approximate surface area is 117 Å². The fourth-order valence-corrected chi connectivity index (χ4v) is 2.59. The minimum Gasteiger partial charge on any atom is -0.363 e. The molecule has 20 heavy (non-hydrogen) atoms. The molecule has 0 aliphatic carbocycles. The van der Waals surface area contributed by atoms with Gasteiger partial charge < -0.3 is 4.90 Å². The zero-order valence-electron chi connectivity index (χ0n) is 11.2. The van der Waals surface area contributed by atoms with Gasteiger partial charge in [-0.3, -0.25) is 10.1 Å². The third-order valence-electron chi connectivity index (χ3n) is 3.66. The number of hydrogen-bond acceptors (Lipinski definition) is 5. The summed E-state index contributed by atoms with van der Waals surface area (Å²) in [6.07, 6.45) is 3.05. The summed E-state index contributed by atoms with van der Waals surface area (Å²) in [6.45, 7) is 2.76. The third-order valence-corrected chi connectivity index (χ3v) is 3.66. The highest BCUT2D eigenvalue weighted by Crippen LogP contribution is 2.35. The van der Waals surface area contributed by atoms with Crippen molar-refractivity contribution >= 4 is 11.4 Å². The Morgan fingerprint density at radius 2 is 1.95 bits per heavy atom. The quantitative estimate of drug-likeness (QED) is 0.608. The van der Waals surface area contributed by atoms with Crippen LogP contribution in [0.15, 0.2) is 12.1 Å². The van der Waals surface area contributed by atoms with Gasteiger partial charge >= 0.3 is 0 Å². The summed E-state index contributed by atoms with van der Waals surface area (Å²) < 4.78 is 0. The van der Waals surface area contributed by atoms with Crippen LogP contribution in [0.3, 0.4) is 0 Å². The van der Waals surface area contributed by atoms with E-state index in [0.717, 1.165) is 25.8 Å². The molecule has 1 heterocycles. The van der Waals surface area contributed by atoms with E-state index in [-0.39, 0.29) is 22.9 Å². The summed E-state index contributed by atoms with van der Waals surface area (Å²) >= 11 is 0. The van der Waals surface area contributed by atoms with Gasteiger partial charge in [-0.2, -0.15) is 10.5 Å². The maximum atomic E-state index is 11.2. The first-order valence-corrected chi connectivity index (χ1v) is 6.47. The van der Waals surface area contributed by atoms with Crippen molar-refractivity contribution in [1.29, 1.82) is 10.5 Å². The van der Waals surface area contributed by atoms with Gasteiger partial charge in [-0.1, -0.05) is 0 Å². The molecule has 0 aromatic heterocycles. The highest BCUT2D eigenvalue weighted by Gasteiger charge is 2.27. The molecule has 1 aromatic carbocycles. The van der Waals surface area contributed by atoms with Crippen LogP contribution in [0.4, 0.5) is 11.4 Å². The Morgan fingerprint density at radius 1 is 1.30 bits per heavy atom. The van der Waals surface area contributed by atoms with E-state index in [9.17, 15) is 10.1 Å². The van der Waals surface area contributed by atoms with Crippen LogP contribution in [0.2, 0.25) is 0 Å². The lowest BCUT2D eigenvalue weighted by atomic mass is 10.00. The SMILES string of the molecule is C[C@H]1CCCCN1c1cc(C#N)c(C#N)cc1[N+](=O)[O-]. The van der Waals surface area contributed by atoms with Gasteiger partial charge in [0.05, 0.1) is 16.1 Å². The molecule has 102 valence electrons. The summed E-state index contributed by atoms with van der Waals surface area (Å²) in [5.74, 6) is 0. The predicted octanol–water partition coefficient (Wildman–Crippen LogP) is 2.72. The molecule has 6 heteroatoms. The number of benzene rings is 1. The smallest absolute Gasteiger partial charge is 0.293 e. The number of nitrogens with zero attached hydrogens (tertiary/aromatic N) is 4. The molecule has 2 rings (SSSR count). The van der Waals surface area contributed by atoms with Crippen molar-refractivity contribution in [2.45, 2.75) is 32.2 Å². The molecule has 1 saturated heterocycles. The number of hydrogen-bond donors (Lipinski definition) is 0. The summed E-state index contributed by atoms with van der Waals surface area (Å²) in [5, 5.41) is 29.3. The predicted molar refractivity (Wildman–Crippen MR) is 73.2 cm³/mol. The van der Waals surface area contributed by atoms with Crippen LogP contribution in [-0.2, 0) is 0 Å². The van der Waals surface area contributed by atoms with Crippen LogP contribution in [0.25, 0.3) is 0 Å². The van der Waals surface area contributed by atoms with E-state index in [1.165, 1.54) is 12.1 Å². The Kier molecular flexibility index (Phi) is 3.86. The Morgan fingerprint density at radius 3 is 2.50 bits per heavy atom. The molecule has 6 nitrogen and oxygen atoms in total. The highest BCUT2D eigenvalue weighted by molar-refractivity contribution is 5.70. The maximum Gasteiger partial charge on any atom is 0.293 e. The van der Waals surface area contributed by atoms with Gasteiger partial charge in [0, 0.05) is 18.7 Å². The van der Waals surface area contributed by atoms with E-state index in [4.69, 9.17) is 10.5 Å². The van der Waals surface area contributed by atoms with Crippen LogP contribution in [-0.4, -0.2) is 17.5 Å². The zero-order valence-corrected chi connectivity index (χ0v) is 11.2. The van der Waals surface area contributed by atoms with Gasteiger partial charge in [0.1, 0.15) is 17.8 Å². The summed E-state index contributed by atoms with van der Waals surface area (Å²) in [5.41, 5.74) is 0.575. The fraction of sp³-hybridized carbons (Fsp3) is 0.429. The molecule has 0 N–H and O–H groups in total. The van der Waals surface area contributed by atoms with E-state index in [1.807, 2.05) is 24.0 Å². The van der Waals surface area contributed by atoms with E-state index in [2.05, 4.69) is 0 Å². The van der Waals surface area contributed by atoms with E-state index in [1.54, 1.807) is 0 Å². The zero-order chi connectivity index (χ0) is 14.7. The molecule has 0 amide bonds. The highest BCUT2D eigenvalue weighted by atomic mass is 16.6. The molecule has 0 spiro atoms. The molecular weight excluding hydrogens is 256 g/mol. The Hall–Kier alpha value is -2.60. The average Bonchev–Trinajstić information content (AvgIpc) is 2.46. The minimum atomic E-state index is -0.487. The molecule has 0 saturated carbocycles. The van der Waals surface area contributed by atoms with Crippen LogP contribution >= 0.6 is 0 Å². The minimum absolute atomic E-state index is 0.0487. The van der Waals surface area contributed by atoms with E-state index >= 15 is 0 Å². The standard InChI is InChI=1S/C14H14N4O2/c1-10-4-2-3-5-17(10)13-6-11(8-15)12(9-16)7-14(13)18(19)20/h6-7,10H,2-5H2,1H3/t10-/m0/s1. The van der Waals surface area contributed by atoms with Gasteiger partial charge in [0.2, 0.25) is 0 Å². The van der Waals surface area contributed by atoms with Crippen LogP contribution in [0.1, 0.15) is 37.3 Å². The molecule has 0 unspecified atom stereocenters. The van der Waals surface area contributed by atoms with Gasteiger partial charge in [-0.05, 0) is 32.3 Å². The molecule has 1 aliphatic heterocycles. The van der Waals surface area contributed by atoms with Crippen molar-refractivity contribution in [3.8, 4) is 12.1 Å². The first kappa shape index (κ1) is 13.8. The fourth-order valence-electron chi connectivity index (χ4n) is 2.59. The van der Waals surface area contributed by atoms with Gasteiger partial charge in [-0.25, -0.2) is 0 Å². The van der Waals surface area contributed by atoms with Crippen molar-refractivity contribution < 1.29 is 4.92 Å². The largest absolute Gasteiger partial charge is 0.363 e. The monoisotopic (exact) mass is 270 g/mol. The molecular formula is C14H14N4O2. The summed E-state index contributed by atoms with van der Waals surface area (Å²) in [6, 6.07) is 6.64. The average molecular weight is 270 g/mol. The second-order valence-electron chi connectivity index (χ2n) is 4.91. The topological polar surface area (TPSA) is 94.0 Å². The molecule has 1 fully saturated rings. The number of anilines is 1. The van der Waals surface area contributed by atoms with Crippen molar-refractivity contribution in [2.75, 3.05) is 11.4 Å². The van der Waals surface area contributed by atoms with Gasteiger partial charge in [-0.15, -0.1) is 0 Å². The van der Waals surface area contributed by atoms with Gasteiger partial charge in [0.25, 0.3) is 5.69 Å². The van der Waals surface area contributed by atoms with Crippen molar-refractivity contribution in [1.82, 2.24) is 0 Å². The van der Waals surface area contributed by atoms with Crippen LogP contribution < -0.4 is 4.90 Å². The number of nitro benzene ring substituents is 1. The molecule has 1 aromatic rings. The lowest BCUT2D eigenvalue weighted by molar-refractivity contribution is -0.384. The van der Waals surface area contributed by atoms with Crippen molar-refractivity contribution in [2.24, 2.45) is 0 Å². The number of nitro groups is 1. The number of piperidine rings is 1. The summed E-state index contributed by atoms with van der Waals surface area (Å²) in [7, 11) is 0.